The van der Waals surface area contributed by atoms with Crippen LogP contribution in [0.5, 0.6) is 0 Å². The number of anilines is 1. The standard InChI is InChI=1S/C26H24Cl2N2O/c27-23-16-15-22(17-24(23)28)29-26(31)30-25(20-9-5-2-6-10-20)21-13-11-19(12-14-21)18-7-3-1-4-8-18/h2,5-7,9-17,25H,1,3-4,8H2,(H2,29,30,31). The number of urea groups is 1. The van der Waals surface area contributed by atoms with E-state index in [0.717, 1.165) is 24.0 Å². The van der Waals surface area contributed by atoms with Gasteiger partial charge in [0, 0.05) is 5.69 Å². The van der Waals surface area contributed by atoms with Gasteiger partial charge in [0.25, 0.3) is 0 Å². The molecule has 3 aromatic carbocycles. The van der Waals surface area contributed by atoms with Crippen LogP contribution in [0.2, 0.25) is 10.0 Å². The third-order valence-electron chi connectivity index (χ3n) is 5.49. The molecule has 1 aliphatic rings. The van der Waals surface area contributed by atoms with E-state index in [2.05, 4.69) is 41.0 Å². The summed E-state index contributed by atoms with van der Waals surface area (Å²) >= 11 is 12.0. The molecular formula is C26H24Cl2N2O. The van der Waals surface area contributed by atoms with Crippen LogP contribution in [0.25, 0.3) is 5.57 Å². The van der Waals surface area contributed by atoms with Crippen molar-refractivity contribution in [3.05, 3.63) is 106 Å². The molecule has 1 atom stereocenters. The number of allylic oxidation sites excluding steroid dienone is 2. The van der Waals surface area contributed by atoms with Gasteiger partial charge in [-0.2, -0.15) is 0 Å². The van der Waals surface area contributed by atoms with Crippen molar-refractivity contribution in [3.63, 3.8) is 0 Å². The van der Waals surface area contributed by atoms with Crippen molar-refractivity contribution in [2.75, 3.05) is 5.32 Å². The van der Waals surface area contributed by atoms with Crippen molar-refractivity contribution >= 4 is 40.5 Å². The second-order valence-electron chi connectivity index (χ2n) is 7.67. The average Bonchev–Trinajstić information content (AvgIpc) is 2.81. The van der Waals surface area contributed by atoms with Gasteiger partial charge in [-0.05, 0) is 66.1 Å². The highest BCUT2D eigenvalue weighted by Crippen LogP contribution is 2.29. The number of carbonyl (C=O) groups is 1. The zero-order valence-electron chi connectivity index (χ0n) is 17.1. The Hall–Kier alpha value is -2.75. The first-order chi connectivity index (χ1) is 15.1. The van der Waals surface area contributed by atoms with Gasteiger partial charge in [0.1, 0.15) is 0 Å². The van der Waals surface area contributed by atoms with E-state index in [0.29, 0.717) is 15.7 Å². The maximum atomic E-state index is 12.8. The molecule has 1 unspecified atom stereocenters. The van der Waals surface area contributed by atoms with Gasteiger partial charge in [-0.25, -0.2) is 4.79 Å². The maximum Gasteiger partial charge on any atom is 0.319 e. The number of amides is 2. The third-order valence-corrected chi connectivity index (χ3v) is 6.23. The van der Waals surface area contributed by atoms with Crippen LogP contribution in [0.15, 0.2) is 78.9 Å². The van der Waals surface area contributed by atoms with Crippen LogP contribution >= 0.6 is 23.2 Å². The topological polar surface area (TPSA) is 41.1 Å². The van der Waals surface area contributed by atoms with Crippen molar-refractivity contribution in [2.24, 2.45) is 0 Å². The summed E-state index contributed by atoms with van der Waals surface area (Å²) in [4.78, 5) is 12.8. The fourth-order valence-corrected chi connectivity index (χ4v) is 4.16. The first-order valence-electron chi connectivity index (χ1n) is 10.5. The number of hydrogen-bond donors (Lipinski definition) is 2. The molecule has 158 valence electrons. The number of halogens is 2. The highest BCUT2D eigenvalue weighted by molar-refractivity contribution is 6.42. The van der Waals surface area contributed by atoms with Crippen LogP contribution < -0.4 is 10.6 Å². The van der Waals surface area contributed by atoms with Crippen LogP contribution in [0.1, 0.15) is 48.4 Å². The summed E-state index contributed by atoms with van der Waals surface area (Å²) in [7, 11) is 0. The molecule has 3 nitrogen and oxygen atoms in total. The van der Waals surface area contributed by atoms with Crippen molar-refractivity contribution in [3.8, 4) is 0 Å². The normalized spacial score (nSPS) is 14.5. The lowest BCUT2D eigenvalue weighted by molar-refractivity contribution is 0.250. The van der Waals surface area contributed by atoms with E-state index in [1.807, 2.05) is 30.3 Å². The zero-order chi connectivity index (χ0) is 21.6. The van der Waals surface area contributed by atoms with Crippen LogP contribution in [-0.2, 0) is 0 Å². The number of nitrogens with one attached hydrogen (secondary N) is 2. The monoisotopic (exact) mass is 450 g/mol. The molecule has 0 radical (unpaired) electrons. The van der Waals surface area contributed by atoms with E-state index in [9.17, 15) is 4.79 Å². The summed E-state index contributed by atoms with van der Waals surface area (Å²) in [6.45, 7) is 0. The molecule has 3 aromatic rings. The largest absolute Gasteiger partial charge is 0.327 e. The van der Waals surface area contributed by atoms with Gasteiger partial charge in [0.2, 0.25) is 0 Å². The van der Waals surface area contributed by atoms with E-state index < -0.39 is 0 Å². The molecular weight excluding hydrogens is 427 g/mol. The Morgan fingerprint density at radius 1 is 0.839 bits per heavy atom. The van der Waals surface area contributed by atoms with Gasteiger partial charge in [0.15, 0.2) is 0 Å². The fraction of sp³-hybridized carbons (Fsp3) is 0.192. The number of hydrogen-bond acceptors (Lipinski definition) is 1. The van der Waals surface area contributed by atoms with Crippen molar-refractivity contribution in [2.45, 2.75) is 31.7 Å². The van der Waals surface area contributed by atoms with E-state index >= 15 is 0 Å². The molecule has 0 spiro atoms. The fourth-order valence-electron chi connectivity index (χ4n) is 3.87. The van der Waals surface area contributed by atoms with Crippen LogP contribution in [0.3, 0.4) is 0 Å². The molecule has 0 saturated heterocycles. The molecule has 0 heterocycles. The molecule has 0 fully saturated rings. The molecule has 0 saturated carbocycles. The van der Waals surface area contributed by atoms with Gasteiger partial charge in [-0.3, -0.25) is 0 Å². The highest BCUT2D eigenvalue weighted by atomic mass is 35.5. The first kappa shape index (κ1) is 21.5. The maximum absolute atomic E-state index is 12.8. The molecule has 31 heavy (non-hydrogen) atoms. The lowest BCUT2D eigenvalue weighted by Crippen LogP contribution is -2.33. The second kappa shape index (κ2) is 10.0. The Balaban J connectivity index is 1.55. The van der Waals surface area contributed by atoms with E-state index in [4.69, 9.17) is 23.2 Å². The van der Waals surface area contributed by atoms with Crippen molar-refractivity contribution in [1.82, 2.24) is 5.32 Å². The zero-order valence-corrected chi connectivity index (χ0v) is 18.6. The average molecular weight is 451 g/mol. The Kier molecular flexibility index (Phi) is 6.96. The molecule has 4 rings (SSSR count). The molecule has 2 N–H and O–H groups in total. The predicted molar refractivity (Wildman–Crippen MR) is 130 cm³/mol. The molecule has 2 amide bonds. The minimum atomic E-state index is -0.314. The van der Waals surface area contributed by atoms with Gasteiger partial charge in [-0.15, -0.1) is 0 Å². The molecule has 0 aliphatic heterocycles. The summed E-state index contributed by atoms with van der Waals surface area (Å²) < 4.78 is 0. The van der Waals surface area contributed by atoms with E-state index in [1.165, 1.54) is 24.0 Å². The highest BCUT2D eigenvalue weighted by Gasteiger charge is 2.18. The summed E-state index contributed by atoms with van der Waals surface area (Å²) in [6, 6.07) is 22.9. The molecule has 0 bridgehead atoms. The number of rotatable bonds is 5. The number of carbonyl (C=O) groups excluding carboxylic acids is 1. The smallest absolute Gasteiger partial charge is 0.319 e. The first-order valence-corrected chi connectivity index (χ1v) is 11.2. The molecule has 5 heteroatoms. The minimum Gasteiger partial charge on any atom is -0.327 e. The second-order valence-corrected chi connectivity index (χ2v) is 8.48. The van der Waals surface area contributed by atoms with Gasteiger partial charge >= 0.3 is 6.03 Å². The van der Waals surface area contributed by atoms with Crippen LogP contribution in [0.4, 0.5) is 10.5 Å². The quantitative estimate of drug-likeness (QED) is 0.407. The third kappa shape index (κ3) is 5.49. The van der Waals surface area contributed by atoms with Crippen molar-refractivity contribution in [1.29, 1.82) is 0 Å². The van der Waals surface area contributed by atoms with E-state index in [1.54, 1.807) is 18.2 Å². The van der Waals surface area contributed by atoms with E-state index in [-0.39, 0.29) is 12.1 Å². The lowest BCUT2D eigenvalue weighted by atomic mass is 9.91. The molecule has 0 aromatic heterocycles. The summed E-state index contributed by atoms with van der Waals surface area (Å²) in [5.41, 5.74) is 5.29. The SMILES string of the molecule is O=C(Nc1ccc(Cl)c(Cl)c1)NC(c1ccccc1)c1ccc(C2=CCCCC2)cc1. The van der Waals surface area contributed by atoms with Gasteiger partial charge in [0.05, 0.1) is 16.1 Å². The Bertz CT molecular complexity index is 1080. The van der Waals surface area contributed by atoms with Crippen molar-refractivity contribution < 1.29 is 4.79 Å². The summed E-state index contributed by atoms with van der Waals surface area (Å²) in [6.07, 6.45) is 7.15. The van der Waals surface area contributed by atoms with Crippen LogP contribution in [-0.4, -0.2) is 6.03 Å². The van der Waals surface area contributed by atoms with Gasteiger partial charge in [-0.1, -0.05) is 83.9 Å². The van der Waals surface area contributed by atoms with Gasteiger partial charge < -0.3 is 10.6 Å². The summed E-state index contributed by atoms with van der Waals surface area (Å²) in [5, 5.41) is 6.77. The Labute approximate surface area is 193 Å². The lowest BCUT2D eigenvalue weighted by Gasteiger charge is -2.21. The minimum absolute atomic E-state index is 0.279. The number of benzene rings is 3. The Morgan fingerprint density at radius 2 is 1.58 bits per heavy atom. The van der Waals surface area contributed by atoms with Crippen LogP contribution in [0, 0.1) is 0 Å². The summed E-state index contributed by atoms with van der Waals surface area (Å²) in [5.74, 6) is 0. The Morgan fingerprint density at radius 3 is 2.26 bits per heavy atom. The molecule has 1 aliphatic carbocycles. The predicted octanol–water partition coefficient (Wildman–Crippen LogP) is 7.86.